The van der Waals surface area contributed by atoms with Gasteiger partial charge in [0, 0.05) is 23.0 Å². The second-order valence-electron chi connectivity index (χ2n) is 5.40. The second kappa shape index (κ2) is 6.01. The highest BCUT2D eigenvalue weighted by Crippen LogP contribution is 2.37. The second-order valence-corrected chi connectivity index (χ2v) is 6.24. The van der Waals surface area contributed by atoms with Crippen molar-refractivity contribution < 1.29 is 31.1 Å². The number of halogens is 6. The highest BCUT2D eigenvalue weighted by atomic mass is 32.1. The summed E-state index contributed by atoms with van der Waals surface area (Å²) < 4.78 is 78.7. The molecule has 0 unspecified atom stereocenters. The lowest BCUT2D eigenvalue weighted by Crippen LogP contribution is -2.16. The van der Waals surface area contributed by atoms with Crippen LogP contribution in [0.25, 0.3) is 4.96 Å². The first-order valence-electron chi connectivity index (χ1n) is 6.99. The molecular formula is C15H9F6N3OS. The quantitative estimate of drug-likeness (QED) is 0.624. The number of nitrogens with zero attached hydrogens (tertiary/aromatic N) is 2. The van der Waals surface area contributed by atoms with E-state index in [1.54, 1.807) is 16.7 Å². The number of aryl methyl sites for hydroxylation is 1. The molecule has 0 aliphatic rings. The lowest BCUT2D eigenvalue weighted by Gasteiger charge is -2.14. The summed E-state index contributed by atoms with van der Waals surface area (Å²) in [7, 11) is 0. The number of anilines is 1. The van der Waals surface area contributed by atoms with E-state index in [0.29, 0.717) is 17.1 Å². The largest absolute Gasteiger partial charge is 0.416 e. The molecule has 138 valence electrons. The fourth-order valence-electron chi connectivity index (χ4n) is 2.23. The molecule has 26 heavy (non-hydrogen) atoms. The minimum absolute atomic E-state index is 0.00832. The van der Waals surface area contributed by atoms with Crippen LogP contribution in [0.1, 0.15) is 27.3 Å². The first-order chi connectivity index (χ1) is 11.9. The topological polar surface area (TPSA) is 46.4 Å². The van der Waals surface area contributed by atoms with Crippen LogP contribution in [-0.2, 0) is 12.4 Å². The number of fused-ring (bicyclic) bond motifs is 1. The van der Waals surface area contributed by atoms with Gasteiger partial charge in [0.15, 0.2) is 4.96 Å². The van der Waals surface area contributed by atoms with Gasteiger partial charge in [0.05, 0.1) is 11.1 Å². The summed E-state index contributed by atoms with van der Waals surface area (Å²) in [4.78, 5) is 16.6. The number of carbonyl (C=O) groups excluding carboxylic acids is 1. The molecule has 2 aromatic heterocycles. The SMILES string of the molecule is Cc1csc2nc(C(=O)Nc3cc(C(F)(F)F)cc(C(F)(F)F)c3)cn12. The molecule has 0 bridgehead atoms. The van der Waals surface area contributed by atoms with Gasteiger partial charge in [-0.05, 0) is 25.1 Å². The molecule has 0 fully saturated rings. The highest BCUT2D eigenvalue weighted by Gasteiger charge is 2.37. The van der Waals surface area contributed by atoms with Crippen LogP contribution < -0.4 is 5.32 Å². The predicted molar refractivity (Wildman–Crippen MR) is 82.2 cm³/mol. The molecule has 0 saturated heterocycles. The third kappa shape index (κ3) is 3.52. The first kappa shape index (κ1) is 18.2. The van der Waals surface area contributed by atoms with E-state index in [2.05, 4.69) is 4.98 Å². The molecule has 2 heterocycles. The van der Waals surface area contributed by atoms with Crippen molar-refractivity contribution in [2.45, 2.75) is 19.3 Å². The number of amides is 1. The predicted octanol–water partition coefficient (Wildman–Crippen LogP) is 4.99. The van der Waals surface area contributed by atoms with Crippen LogP contribution in [0.2, 0.25) is 0 Å². The maximum Gasteiger partial charge on any atom is 0.416 e. The Morgan fingerprint density at radius 3 is 2.15 bits per heavy atom. The van der Waals surface area contributed by atoms with Gasteiger partial charge in [0.25, 0.3) is 5.91 Å². The standard InChI is InChI=1S/C15H9F6N3OS/c1-7-6-26-13-23-11(5-24(7)13)12(25)22-10-3-8(14(16,17)18)2-9(4-10)15(19,20)21/h2-6H,1H3,(H,22,25). The van der Waals surface area contributed by atoms with Gasteiger partial charge in [-0.2, -0.15) is 26.3 Å². The molecular weight excluding hydrogens is 384 g/mol. The third-order valence-electron chi connectivity index (χ3n) is 3.47. The van der Waals surface area contributed by atoms with E-state index in [9.17, 15) is 31.1 Å². The van der Waals surface area contributed by atoms with Crippen molar-refractivity contribution in [3.05, 3.63) is 52.3 Å². The molecule has 0 aliphatic carbocycles. The molecule has 4 nitrogen and oxygen atoms in total. The van der Waals surface area contributed by atoms with Crippen LogP contribution in [0.4, 0.5) is 32.0 Å². The summed E-state index contributed by atoms with van der Waals surface area (Å²) >= 11 is 1.24. The van der Waals surface area contributed by atoms with Crippen molar-refractivity contribution in [2.75, 3.05) is 5.32 Å². The van der Waals surface area contributed by atoms with Crippen LogP contribution in [0.3, 0.4) is 0 Å². The maximum atomic E-state index is 12.8. The molecule has 0 spiro atoms. The average molecular weight is 393 g/mol. The van der Waals surface area contributed by atoms with E-state index in [1.807, 2.05) is 5.32 Å². The lowest BCUT2D eigenvalue weighted by molar-refractivity contribution is -0.143. The van der Waals surface area contributed by atoms with Gasteiger partial charge in [-0.3, -0.25) is 9.20 Å². The fourth-order valence-corrected chi connectivity index (χ4v) is 3.08. The zero-order chi connectivity index (χ0) is 19.3. The summed E-state index contributed by atoms with van der Waals surface area (Å²) in [6.07, 6.45) is -8.63. The highest BCUT2D eigenvalue weighted by molar-refractivity contribution is 7.15. The number of rotatable bonds is 2. The zero-order valence-electron chi connectivity index (χ0n) is 12.9. The van der Waals surface area contributed by atoms with Crippen LogP contribution in [-0.4, -0.2) is 15.3 Å². The third-order valence-corrected chi connectivity index (χ3v) is 4.42. The first-order valence-corrected chi connectivity index (χ1v) is 7.87. The van der Waals surface area contributed by atoms with Gasteiger partial charge in [0.1, 0.15) is 5.69 Å². The Kier molecular flexibility index (Phi) is 4.21. The van der Waals surface area contributed by atoms with Gasteiger partial charge in [-0.25, -0.2) is 4.98 Å². The average Bonchev–Trinajstić information content (AvgIpc) is 3.08. The number of thiazole rings is 1. The minimum atomic E-state index is -4.99. The zero-order valence-corrected chi connectivity index (χ0v) is 13.7. The Morgan fingerprint density at radius 1 is 1.08 bits per heavy atom. The molecule has 1 amide bonds. The normalized spacial score (nSPS) is 12.6. The van der Waals surface area contributed by atoms with E-state index in [1.165, 1.54) is 17.5 Å². The van der Waals surface area contributed by atoms with Crippen molar-refractivity contribution in [3.63, 3.8) is 0 Å². The summed E-state index contributed by atoms with van der Waals surface area (Å²) in [5.41, 5.74) is -2.97. The van der Waals surface area contributed by atoms with Crippen molar-refractivity contribution in [2.24, 2.45) is 0 Å². The van der Waals surface area contributed by atoms with Gasteiger partial charge in [0.2, 0.25) is 0 Å². The number of alkyl halides is 6. The maximum absolute atomic E-state index is 12.8. The molecule has 1 N–H and O–H groups in total. The van der Waals surface area contributed by atoms with E-state index in [0.717, 1.165) is 5.69 Å². The Balaban J connectivity index is 1.96. The molecule has 1 aromatic carbocycles. The Labute approximate surface area is 146 Å². The number of imidazole rings is 1. The molecule has 0 saturated carbocycles. The summed E-state index contributed by atoms with van der Waals surface area (Å²) in [5.74, 6) is -0.909. The van der Waals surface area contributed by atoms with E-state index >= 15 is 0 Å². The number of hydrogen-bond donors (Lipinski definition) is 1. The van der Waals surface area contributed by atoms with E-state index in [-0.39, 0.29) is 11.8 Å². The molecule has 0 atom stereocenters. The van der Waals surface area contributed by atoms with Crippen molar-refractivity contribution >= 4 is 27.9 Å². The Bertz CT molecular complexity index is 953. The monoisotopic (exact) mass is 393 g/mol. The molecule has 11 heteroatoms. The fraction of sp³-hybridized carbons (Fsp3) is 0.200. The summed E-state index contributed by atoms with van der Waals surface area (Å²) in [6, 6.07) is 0.874. The lowest BCUT2D eigenvalue weighted by atomic mass is 10.1. The van der Waals surface area contributed by atoms with Crippen LogP contribution >= 0.6 is 11.3 Å². The molecule has 0 radical (unpaired) electrons. The van der Waals surface area contributed by atoms with Gasteiger partial charge in [-0.15, -0.1) is 11.3 Å². The molecule has 0 aliphatic heterocycles. The van der Waals surface area contributed by atoms with Gasteiger partial charge >= 0.3 is 12.4 Å². The van der Waals surface area contributed by atoms with Crippen LogP contribution in [0.15, 0.2) is 29.8 Å². The molecule has 3 aromatic rings. The summed E-state index contributed by atoms with van der Waals surface area (Å²) in [5, 5.41) is 3.83. The van der Waals surface area contributed by atoms with E-state index < -0.39 is 35.1 Å². The van der Waals surface area contributed by atoms with Gasteiger partial charge < -0.3 is 5.32 Å². The number of nitrogens with one attached hydrogen (secondary N) is 1. The van der Waals surface area contributed by atoms with E-state index in [4.69, 9.17) is 0 Å². The summed E-state index contributed by atoms with van der Waals surface area (Å²) in [6.45, 7) is 1.76. The van der Waals surface area contributed by atoms with Crippen molar-refractivity contribution in [1.29, 1.82) is 0 Å². The number of carbonyl (C=O) groups is 1. The van der Waals surface area contributed by atoms with Crippen molar-refractivity contribution in [1.82, 2.24) is 9.38 Å². The van der Waals surface area contributed by atoms with Gasteiger partial charge in [-0.1, -0.05) is 0 Å². The van der Waals surface area contributed by atoms with Crippen molar-refractivity contribution in [3.8, 4) is 0 Å². The molecule has 3 rings (SSSR count). The number of benzene rings is 1. The smallest absolute Gasteiger partial charge is 0.321 e. The van der Waals surface area contributed by atoms with Crippen LogP contribution in [0, 0.1) is 6.92 Å². The minimum Gasteiger partial charge on any atom is -0.321 e. The number of aromatic nitrogens is 2. The Hall–Kier alpha value is -2.56. The van der Waals surface area contributed by atoms with Crippen LogP contribution in [0.5, 0.6) is 0 Å². The number of hydrogen-bond acceptors (Lipinski definition) is 3. The Morgan fingerprint density at radius 2 is 1.65 bits per heavy atom.